The highest BCUT2D eigenvalue weighted by molar-refractivity contribution is 7.21. The van der Waals surface area contributed by atoms with Gasteiger partial charge in [-0.15, -0.1) is 22.7 Å². The summed E-state index contributed by atoms with van der Waals surface area (Å²) < 4.78 is 0. The molecule has 0 saturated carbocycles. The molecule has 0 fully saturated rings. The third-order valence-corrected chi connectivity index (χ3v) is 6.87. The van der Waals surface area contributed by atoms with Crippen LogP contribution in [-0.4, -0.2) is 20.9 Å². The van der Waals surface area contributed by atoms with E-state index in [1.807, 2.05) is 23.6 Å². The van der Waals surface area contributed by atoms with E-state index in [0.29, 0.717) is 37.5 Å². The van der Waals surface area contributed by atoms with Gasteiger partial charge in [0.1, 0.15) is 15.4 Å². The Morgan fingerprint density at radius 1 is 1.10 bits per heavy atom. The Kier molecular flexibility index (Phi) is 5.11. The van der Waals surface area contributed by atoms with Crippen molar-refractivity contribution in [1.29, 1.82) is 0 Å². The molecule has 4 aromatic heterocycles. The van der Waals surface area contributed by atoms with Crippen LogP contribution in [0.15, 0.2) is 66.4 Å². The van der Waals surface area contributed by atoms with Crippen molar-refractivity contribution in [3.8, 4) is 21.8 Å². The number of anilines is 2. The van der Waals surface area contributed by atoms with E-state index in [0.717, 1.165) is 15.8 Å². The summed E-state index contributed by atoms with van der Waals surface area (Å²) in [6.45, 7) is 0. The van der Waals surface area contributed by atoms with Gasteiger partial charge in [0.2, 0.25) is 0 Å². The number of nitrogens with zero attached hydrogens (tertiary/aromatic N) is 3. The Bertz CT molecular complexity index is 1380. The average molecular weight is 464 g/mol. The molecule has 0 aliphatic rings. The van der Waals surface area contributed by atoms with Crippen LogP contribution < -0.4 is 11.1 Å². The van der Waals surface area contributed by atoms with Crippen LogP contribution in [0.5, 0.6) is 0 Å². The quantitative estimate of drug-likeness (QED) is 0.342. The zero-order valence-corrected chi connectivity index (χ0v) is 18.3. The van der Waals surface area contributed by atoms with Gasteiger partial charge in [-0.2, -0.15) is 0 Å². The number of halogens is 1. The first-order chi connectivity index (χ1) is 15.1. The van der Waals surface area contributed by atoms with E-state index < -0.39 is 0 Å². The summed E-state index contributed by atoms with van der Waals surface area (Å²) in [5.41, 5.74) is 9.77. The summed E-state index contributed by atoms with van der Waals surface area (Å²) in [5.74, 6) is -0.291. The molecule has 0 unspecified atom stereocenters. The molecule has 0 aliphatic heterocycles. The minimum Gasteiger partial charge on any atom is -0.397 e. The van der Waals surface area contributed by atoms with Gasteiger partial charge in [0, 0.05) is 38.9 Å². The van der Waals surface area contributed by atoms with Crippen molar-refractivity contribution in [2.75, 3.05) is 11.1 Å². The van der Waals surface area contributed by atoms with Gasteiger partial charge in [-0.3, -0.25) is 14.8 Å². The van der Waals surface area contributed by atoms with Crippen molar-refractivity contribution in [3.63, 3.8) is 0 Å². The van der Waals surface area contributed by atoms with E-state index >= 15 is 0 Å². The summed E-state index contributed by atoms with van der Waals surface area (Å²) in [7, 11) is 0. The van der Waals surface area contributed by atoms with Gasteiger partial charge < -0.3 is 11.1 Å². The Morgan fingerprint density at radius 2 is 1.94 bits per heavy atom. The first-order valence-electron chi connectivity index (χ1n) is 9.20. The van der Waals surface area contributed by atoms with Crippen LogP contribution in [0.1, 0.15) is 9.67 Å². The number of nitrogens with one attached hydrogen (secondary N) is 1. The molecule has 0 atom stereocenters. The molecular formula is C22H14ClN5OS2. The zero-order valence-electron chi connectivity index (χ0n) is 15.9. The molecule has 0 saturated heterocycles. The molecule has 31 heavy (non-hydrogen) atoms. The van der Waals surface area contributed by atoms with E-state index in [1.165, 1.54) is 11.3 Å². The van der Waals surface area contributed by atoms with Crippen molar-refractivity contribution in [2.45, 2.75) is 0 Å². The van der Waals surface area contributed by atoms with Crippen LogP contribution in [0, 0.1) is 0 Å². The number of hydrogen-bond donors (Lipinski definition) is 2. The molecule has 5 aromatic rings. The lowest BCUT2D eigenvalue weighted by atomic mass is 10.1. The Morgan fingerprint density at radius 3 is 2.65 bits per heavy atom. The fraction of sp³-hybridized carbons (Fsp3) is 0. The van der Waals surface area contributed by atoms with Gasteiger partial charge in [-0.05, 0) is 41.8 Å². The lowest BCUT2D eigenvalue weighted by Crippen LogP contribution is -2.11. The highest BCUT2D eigenvalue weighted by atomic mass is 35.5. The van der Waals surface area contributed by atoms with Gasteiger partial charge >= 0.3 is 0 Å². The predicted molar refractivity (Wildman–Crippen MR) is 128 cm³/mol. The molecule has 6 nitrogen and oxygen atoms in total. The Balaban J connectivity index is 1.64. The summed E-state index contributed by atoms with van der Waals surface area (Å²) in [4.78, 5) is 28.3. The summed E-state index contributed by atoms with van der Waals surface area (Å²) in [5, 5.41) is 6.24. The third kappa shape index (κ3) is 3.76. The summed E-state index contributed by atoms with van der Waals surface area (Å²) in [6.07, 6.45) is 4.90. The molecule has 0 spiro atoms. The van der Waals surface area contributed by atoms with E-state index in [4.69, 9.17) is 22.3 Å². The van der Waals surface area contributed by atoms with E-state index in [1.54, 1.807) is 54.2 Å². The number of pyridine rings is 1. The molecule has 1 aromatic carbocycles. The number of rotatable bonds is 4. The monoisotopic (exact) mass is 463 g/mol. The van der Waals surface area contributed by atoms with Crippen molar-refractivity contribution >= 4 is 61.8 Å². The molecule has 0 bridgehead atoms. The number of nitrogens with two attached hydrogens (primary N) is 1. The number of carbonyl (C=O) groups excluding carboxylic acids is 1. The Hall–Kier alpha value is -3.33. The summed E-state index contributed by atoms with van der Waals surface area (Å²) in [6, 6.07) is 12.9. The molecule has 152 valence electrons. The smallest absolute Gasteiger partial charge is 0.267 e. The van der Waals surface area contributed by atoms with Gasteiger partial charge in [0.25, 0.3) is 5.91 Å². The van der Waals surface area contributed by atoms with Crippen LogP contribution in [0.4, 0.5) is 11.4 Å². The second-order valence-corrected chi connectivity index (χ2v) is 8.99. The van der Waals surface area contributed by atoms with Crippen LogP contribution >= 0.6 is 34.3 Å². The molecule has 9 heteroatoms. The Labute approximate surface area is 190 Å². The van der Waals surface area contributed by atoms with E-state index in [9.17, 15) is 4.79 Å². The van der Waals surface area contributed by atoms with E-state index in [2.05, 4.69) is 15.3 Å². The molecule has 4 heterocycles. The highest BCUT2D eigenvalue weighted by Gasteiger charge is 2.22. The number of thiophene rings is 2. The fourth-order valence-corrected chi connectivity index (χ4v) is 5.09. The van der Waals surface area contributed by atoms with Crippen molar-refractivity contribution in [3.05, 3.63) is 76.3 Å². The first-order valence-corrected chi connectivity index (χ1v) is 11.3. The van der Waals surface area contributed by atoms with Crippen LogP contribution in [0.25, 0.3) is 32.0 Å². The highest BCUT2D eigenvalue weighted by Crippen LogP contribution is 2.42. The normalized spacial score (nSPS) is 11.0. The third-order valence-electron chi connectivity index (χ3n) is 4.62. The molecular weight excluding hydrogens is 450 g/mol. The van der Waals surface area contributed by atoms with Gasteiger partial charge in [0.05, 0.1) is 17.6 Å². The van der Waals surface area contributed by atoms with Gasteiger partial charge in [-0.1, -0.05) is 17.7 Å². The van der Waals surface area contributed by atoms with Gasteiger partial charge in [0.15, 0.2) is 0 Å². The van der Waals surface area contributed by atoms with Gasteiger partial charge in [-0.25, -0.2) is 4.98 Å². The number of carbonyl (C=O) groups is 1. The van der Waals surface area contributed by atoms with Crippen LogP contribution in [0.2, 0.25) is 5.02 Å². The lowest BCUT2D eigenvalue weighted by molar-refractivity contribution is 0.103. The van der Waals surface area contributed by atoms with Crippen molar-refractivity contribution < 1.29 is 4.79 Å². The number of fused-ring (bicyclic) bond motifs is 1. The number of hydrogen-bond acceptors (Lipinski definition) is 7. The largest absolute Gasteiger partial charge is 0.397 e. The minimum atomic E-state index is -0.291. The maximum atomic E-state index is 13.0. The fourth-order valence-electron chi connectivity index (χ4n) is 3.20. The summed E-state index contributed by atoms with van der Waals surface area (Å²) >= 11 is 8.78. The van der Waals surface area contributed by atoms with Crippen LogP contribution in [0.3, 0.4) is 0 Å². The average Bonchev–Trinajstić information content (AvgIpc) is 3.44. The van der Waals surface area contributed by atoms with Crippen molar-refractivity contribution in [1.82, 2.24) is 15.0 Å². The number of aromatic nitrogens is 3. The standard InChI is InChI=1S/C22H14ClN5OS2/c23-12-3-5-13(6-4-12)27-21(29)20-19(24)18-14(17-2-1-9-30-17)10-15(28-22(18)31-20)16-11-25-7-8-26-16/h1-11H,24H2,(H,27,29). The van der Waals surface area contributed by atoms with Crippen molar-refractivity contribution in [2.24, 2.45) is 0 Å². The molecule has 5 rings (SSSR count). The van der Waals surface area contributed by atoms with E-state index in [-0.39, 0.29) is 5.91 Å². The second-order valence-electron chi connectivity index (χ2n) is 6.61. The zero-order chi connectivity index (χ0) is 21.4. The first kappa shape index (κ1) is 19.6. The lowest BCUT2D eigenvalue weighted by Gasteiger charge is -2.07. The SMILES string of the molecule is Nc1c(C(=O)Nc2ccc(Cl)cc2)sc2nc(-c3cnccn3)cc(-c3cccs3)c12. The molecule has 0 aliphatic carbocycles. The molecule has 3 N–H and O–H groups in total. The number of nitrogen functional groups attached to an aromatic ring is 1. The maximum absolute atomic E-state index is 13.0. The number of benzene rings is 1. The molecule has 1 amide bonds. The topological polar surface area (TPSA) is 93.8 Å². The second kappa shape index (κ2) is 8.07. The molecule has 0 radical (unpaired) electrons. The minimum absolute atomic E-state index is 0.291. The van der Waals surface area contributed by atoms with Crippen LogP contribution in [-0.2, 0) is 0 Å². The number of amides is 1. The predicted octanol–water partition coefficient (Wildman–Crippen LogP) is 5.97. The maximum Gasteiger partial charge on any atom is 0.267 e.